The molecule has 12 heteroatoms. The van der Waals surface area contributed by atoms with E-state index < -0.39 is 16.1 Å². The van der Waals surface area contributed by atoms with Crippen LogP contribution in [-0.4, -0.2) is 36.5 Å². The summed E-state index contributed by atoms with van der Waals surface area (Å²) >= 11 is 4.28. The van der Waals surface area contributed by atoms with Crippen molar-refractivity contribution in [3.05, 3.63) is 21.1 Å². The molecule has 0 aromatic carbocycles. The summed E-state index contributed by atoms with van der Waals surface area (Å²) in [7, 11) is -2.64. The summed E-state index contributed by atoms with van der Waals surface area (Å²) in [6.07, 6.45) is 0. The van der Waals surface area contributed by atoms with Crippen LogP contribution in [0, 0.1) is 6.92 Å². The third kappa shape index (κ3) is 3.90. The molecular weight excluding hydrogens is 398 g/mol. The van der Waals surface area contributed by atoms with Gasteiger partial charge in [0.2, 0.25) is 5.95 Å². The SMILES string of the molecule is COc1nc(C)nc(NC(=O)NS(=O)(=O)c2cscc2Br)n1. The van der Waals surface area contributed by atoms with Gasteiger partial charge in [-0.2, -0.15) is 15.0 Å². The number of anilines is 1. The van der Waals surface area contributed by atoms with Crippen LogP contribution < -0.4 is 14.8 Å². The van der Waals surface area contributed by atoms with Gasteiger partial charge in [-0.25, -0.2) is 17.9 Å². The maximum atomic E-state index is 12.0. The molecule has 0 fully saturated rings. The van der Waals surface area contributed by atoms with Crippen LogP contribution in [0.4, 0.5) is 10.7 Å². The van der Waals surface area contributed by atoms with Gasteiger partial charge in [0.25, 0.3) is 10.0 Å². The molecule has 0 unspecified atom stereocenters. The number of hydrogen-bond donors (Lipinski definition) is 2. The molecule has 2 aromatic heterocycles. The lowest BCUT2D eigenvalue weighted by Crippen LogP contribution is -2.35. The normalized spacial score (nSPS) is 11.0. The van der Waals surface area contributed by atoms with Gasteiger partial charge in [-0.15, -0.1) is 11.3 Å². The maximum absolute atomic E-state index is 12.0. The number of aromatic nitrogens is 3. The quantitative estimate of drug-likeness (QED) is 0.786. The van der Waals surface area contributed by atoms with Crippen molar-refractivity contribution in [3.8, 4) is 6.01 Å². The van der Waals surface area contributed by atoms with Crippen LogP contribution in [0.2, 0.25) is 0 Å². The van der Waals surface area contributed by atoms with Gasteiger partial charge in [0.15, 0.2) is 0 Å². The number of aryl methyl sites for hydroxylation is 1. The first-order valence-corrected chi connectivity index (χ1v) is 8.86. The van der Waals surface area contributed by atoms with Crippen LogP contribution in [-0.2, 0) is 10.0 Å². The summed E-state index contributed by atoms with van der Waals surface area (Å²) in [5.74, 6) is 0.187. The fourth-order valence-electron chi connectivity index (χ4n) is 1.37. The predicted octanol–water partition coefficient (Wildman–Crippen LogP) is 1.52. The number of carbonyl (C=O) groups is 1. The van der Waals surface area contributed by atoms with E-state index in [9.17, 15) is 13.2 Å². The van der Waals surface area contributed by atoms with E-state index in [1.807, 2.05) is 4.72 Å². The first-order chi connectivity index (χ1) is 10.3. The molecular formula is C10H10BrN5O4S2. The van der Waals surface area contributed by atoms with Crippen molar-refractivity contribution in [2.75, 3.05) is 12.4 Å². The minimum absolute atomic E-state index is 0.00577. The highest BCUT2D eigenvalue weighted by Gasteiger charge is 2.22. The molecule has 22 heavy (non-hydrogen) atoms. The lowest BCUT2D eigenvalue weighted by molar-refractivity contribution is 0.256. The third-order valence-electron chi connectivity index (χ3n) is 2.23. The summed E-state index contributed by atoms with van der Waals surface area (Å²) in [4.78, 5) is 23.2. The van der Waals surface area contributed by atoms with Crippen LogP contribution in [0.3, 0.4) is 0 Å². The molecule has 0 radical (unpaired) electrons. The number of amides is 2. The van der Waals surface area contributed by atoms with Gasteiger partial charge >= 0.3 is 12.0 Å². The lowest BCUT2D eigenvalue weighted by Gasteiger charge is -2.08. The zero-order valence-corrected chi connectivity index (χ0v) is 14.5. The number of hydrogen-bond acceptors (Lipinski definition) is 8. The smallest absolute Gasteiger partial charge is 0.335 e. The number of nitrogens with zero attached hydrogens (tertiary/aromatic N) is 3. The fraction of sp³-hybridized carbons (Fsp3) is 0.200. The van der Waals surface area contributed by atoms with Crippen molar-refractivity contribution in [1.29, 1.82) is 0 Å². The van der Waals surface area contributed by atoms with Gasteiger partial charge in [0.1, 0.15) is 10.7 Å². The number of halogens is 1. The minimum atomic E-state index is -3.99. The average Bonchev–Trinajstić information content (AvgIpc) is 2.84. The molecule has 0 saturated carbocycles. The first kappa shape index (κ1) is 16.6. The summed E-state index contributed by atoms with van der Waals surface area (Å²) in [5.41, 5.74) is 0. The minimum Gasteiger partial charge on any atom is -0.467 e. The molecule has 0 aliphatic heterocycles. The van der Waals surface area contributed by atoms with Gasteiger partial charge in [0, 0.05) is 15.2 Å². The van der Waals surface area contributed by atoms with Gasteiger partial charge in [-0.05, 0) is 22.9 Å². The Kier molecular flexibility index (Phi) is 4.93. The first-order valence-electron chi connectivity index (χ1n) is 5.64. The van der Waals surface area contributed by atoms with E-state index in [-0.39, 0.29) is 16.9 Å². The van der Waals surface area contributed by atoms with Gasteiger partial charge in [-0.3, -0.25) is 5.32 Å². The van der Waals surface area contributed by atoms with Crippen molar-refractivity contribution in [1.82, 2.24) is 19.7 Å². The van der Waals surface area contributed by atoms with Crippen molar-refractivity contribution in [2.24, 2.45) is 0 Å². The Morgan fingerprint density at radius 2 is 2.05 bits per heavy atom. The molecule has 2 N–H and O–H groups in total. The Labute approximate surface area is 138 Å². The molecule has 2 aromatic rings. The predicted molar refractivity (Wildman–Crippen MR) is 82.5 cm³/mol. The number of carbonyl (C=O) groups excluding carboxylic acids is 1. The summed E-state index contributed by atoms with van der Waals surface area (Å²) < 4.78 is 31.1. The molecule has 0 spiro atoms. The van der Waals surface area contributed by atoms with E-state index in [2.05, 4.69) is 36.2 Å². The highest BCUT2D eigenvalue weighted by atomic mass is 79.9. The fourth-order valence-corrected chi connectivity index (χ4v) is 4.63. The monoisotopic (exact) mass is 407 g/mol. The average molecular weight is 408 g/mol. The Morgan fingerprint density at radius 3 is 2.64 bits per heavy atom. The van der Waals surface area contributed by atoms with E-state index in [0.717, 1.165) is 0 Å². The van der Waals surface area contributed by atoms with Crippen molar-refractivity contribution in [2.45, 2.75) is 11.8 Å². The van der Waals surface area contributed by atoms with Crippen LogP contribution in [0.25, 0.3) is 0 Å². The van der Waals surface area contributed by atoms with E-state index >= 15 is 0 Å². The van der Waals surface area contributed by atoms with Crippen LogP contribution in [0.1, 0.15) is 5.82 Å². The summed E-state index contributed by atoms with van der Waals surface area (Å²) in [6, 6.07) is -0.989. The number of thiophene rings is 1. The van der Waals surface area contributed by atoms with Crippen LogP contribution >= 0.6 is 27.3 Å². The molecule has 0 atom stereocenters. The van der Waals surface area contributed by atoms with Crippen LogP contribution in [0.5, 0.6) is 6.01 Å². The Balaban J connectivity index is 2.14. The van der Waals surface area contributed by atoms with E-state index in [1.54, 1.807) is 12.3 Å². The van der Waals surface area contributed by atoms with E-state index in [4.69, 9.17) is 4.74 Å². The number of rotatable bonds is 4. The van der Waals surface area contributed by atoms with Gasteiger partial charge in [-0.1, -0.05) is 0 Å². The van der Waals surface area contributed by atoms with Crippen molar-refractivity contribution >= 4 is 49.3 Å². The maximum Gasteiger partial charge on any atom is 0.335 e. The molecule has 2 amide bonds. The van der Waals surface area contributed by atoms with Crippen LogP contribution in [0.15, 0.2) is 20.1 Å². The topological polar surface area (TPSA) is 123 Å². The molecule has 2 rings (SSSR count). The zero-order chi connectivity index (χ0) is 16.3. The third-order valence-corrected chi connectivity index (χ3v) is 5.72. The molecule has 0 bridgehead atoms. The van der Waals surface area contributed by atoms with Crippen molar-refractivity contribution in [3.63, 3.8) is 0 Å². The molecule has 9 nitrogen and oxygen atoms in total. The number of urea groups is 1. The largest absolute Gasteiger partial charge is 0.467 e. The Morgan fingerprint density at radius 1 is 1.32 bits per heavy atom. The van der Waals surface area contributed by atoms with E-state index in [0.29, 0.717) is 10.3 Å². The molecule has 0 saturated heterocycles. The number of nitrogens with one attached hydrogen (secondary N) is 2. The second kappa shape index (κ2) is 6.54. The summed E-state index contributed by atoms with van der Waals surface area (Å²) in [6.45, 7) is 1.58. The Bertz CT molecular complexity index is 807. The number of sulfonamides is 1. The lowest BCUT2D eigenvalue weighted by atomic mass is 10.7. The number of ether oxygens (including phenoxy) is 1. The highest BCUT2D eigenvalue weighted by molar-refractivity contribution is 9.10. The molecule has 2 heterocycles. The second-order valence-corrected chi connectivity index (χ2v) is 7.09. The zero-order valence-electron chi connectivity index (χ0n) is 11.3. The standard InChI is InChI=1S/C10H10BrN5O4S2/c1-5-12-8(15-10(13-5)20-2)14-9(17)16-22(18,19)7-4-21-3-6(7)11/h3-4H,1-2H3,(H2,12,13,14,15,16,17). The Hall–Kier alpha value is -1.79. The number of methoxy groups -OCH3 is 1. The van der Waals surface area contributed by atoms with Crippen molar-refractivity contribution < 1.29 is 17.9 Å². The molecule has 118 valence electrons. The highest BCUT2D eigenvalue weighted by Crippen LogP contribution is 2.25. The van der Waals surface area contributed by atoms with E-state index in [1.165, 1.54) is 23.8 Å². The van der Waals surface area contributed by atoms with Gasteiger partial charge in [0.05, 0.1) is 7.11 Å². The van der Waals surface area contributed by atoms with Gasteiger partial charge < -0.3 is 4.74 Å². The molecule has 0 aliphatic rings. The summed E-state index contributed by atoms with van der Waals surface area (Å²) in [5, 5.41) is 5.20. The second-order valence-electron chi connectivity index (χ2n) is 3.84. The molecule has 0 aliphatic carbocycles.